The molecule has 0 aliphatic heterocycles. The highest BCUT2D eigenvalue weighted by molar-refractivity contribution is 5.83. The molecule has 1 fully saturated rings. The second-order valence-corrected chi connectivity index (χ2v) is 9.86. The summed E-state index contributed by atoms with van der Waals surface area (Å²) in [5, 5.41) is 0. The highest BCUT2D eigenvalue weighted by atomic mass is 16.1. The average Bonchev–Trinajstić information content (AvgIpc) is 2.52. The van der Waals surface area contributed by atoms with E-state index >= 15 is 0 Å². The third-order valence-electron chi connectivity index (χ3n) is 7.49. The summed E-state index contributed by atoms with van der Waals surface area (Å²) in [7, 11) is 0. The van der Waals surface area contributed by atoms with Gasteiger partial charge in [0.05, 0.1) is 0 Å². The van der Waals surface area contributed by atoms with Crippen molar-refractivity contribution in [3.63, 3.8) is 0 Å². The molecule has 1 nitrogen and oxygen atoms in total. The Labute approximate surface area is 154 Å². The summed E-state index contributed by atoms with van der Waals surface area (Å²) in [4.78, 5) is 11.8. The van der Waals surface area contributed by atoms with Crippen molar-refractivity contribution in [2.45, 2.75) is 91.4 Å². The van der Waals surface area contributed by atoms with Crippen LogP contribution in [0.3, 0.4) is 0 Å². The molecule has 138 valence electrons. The van der Waals surface area contributed by atoms with Crippen molar-refractivity contribution < 1.29 is 4.79 Å². The van der Waals surface area contributed by atoms with Crippen LogP contribution in [0.2, 0.25) is 0 Å². The van der Waals surface area contributed by atoms with Gasteiger partial charge in [0, 0.05) is 5.92 Å². The molecule has 0 spiro atoms. The Morgan fingerprint density at radius 3 is 2.56 bits per heavy atom. The number of hydrogen-bond donors (Lipinski definition) is 0. The summed E-state index contributed by atoms with van der Waals surface area (Å²) < 4.78 is 0. The smallest absolute Gasteiger partial charge is 0.136 e. The molecule has 0 aromatic heterocycles. The van der Waals surface area contributed by atoms with Gasteiger partial charge in [0.25, 0.3) is 0 Å². The molecule has 0 N–H and O–H groups in total. The first-order chi connectivity index (χ1) is 11.7. The topological polar surface area (TPSA) is 17.1 Å². The van der Waals surface area contributed by atoms with Crippen LogP contribution in [0.15, 0.2) is 18.2 Å². The number of hydrogen-bond acceptors (Lipinski definition) is 1. The second kappa shape index (κ2) is 6.56. The van der Waals surface area contributed by atoms with Crippen molar-refractivity contribution in [2.24, 2.45) is 17.3 Å². The fourth-order valence-corrected chi connectivity index (χ4v) is 6.32. The Bertz CT molecular complexity index is 658. The van der Waals surface area contributed by atoms with Crippen LogP contribution >= 0.6 is 0 Å². The van der Waals surface area contributed by atoms with Gasteiger partial charge in [-0.2, -0.15) is 0 Å². The fourth-order valence-electron chi connectivity index (χ4n) is 6.32. The van der Waals surface area contributed by atoms with Crippen molar-refractivity contribution in [2.75, 3.05) is 0 Å². The summed E-state index contributed by atoms with van der Waals surface area (Å²) in [6, 6.07) is 6.95. The maximum Gasteiger partial charge on any atom is 0.136 e. The lowest BCUT2D eigenvalue weighted by Crippen LogP contribution is -2.49. The van der Waals surface area contributed by atoms with Crippen LogP contribution < -0.4 is 0 Å². The van der Waals surface area contributed by atoms with E-state index in [0.29, 0.717) is 10.8 Å². The van der Waals surface area contributed by atoms with E-state index in [1.807, 2.05) is 6.92 Å². The number of carbonyl (C=O) groups is 1. The summed E-state index contributed by atoms with van der Waals surface area (Å²) in [5.41, 5.74) is 5.09. The normalized spacial score (nSPS) is 32.8. The largest absolute Gasteiger partial charge is 0.299 e. The van der Waals surface area contributed by atoms with Gasteiger partial charge < -0.3 is 0 Å². The van der Waals surface area contributed by atoms with Gasteiger partial charge >= 0.3 is 0 Å². The number of rotatable bonds is 4. The summed E-state index contributed by atoms with van der Waals surface area (Å²) in [6.07, 6.45) is 7.90. The van der Waals surface area contributed by atoms with Gasteiger partial charge in [-0.3, -0.25) is 4.79 Å². The molecule has 0 bridgehead atoms. The first-order valence-corrected chi connectivity index (χ1v) is 10.3. The Hall–Kier alpha value is -1.11. The zero-order valence-corrected chi connectivity index (χ0v) is 17.1. The molecule has 1 heteroatoms. The molecule has 0 amide bonds. The number of fused-ring (bicyclic) bond motifs is 3. The molecule has 4 atom stereocenters. The van der Waals surface area contributed by atoms with E-state index in [1.165, 1.54) is 49.7 Å². The first-order valence-electron chi connectivity index (χ1n) is 10.3. The molecule has 2 aliphatic rings. The third kappa shape index (κ3) is 3.20. The van der Waals surface area contributed by atoms with Crippen molar-refractivity contribution in [1.29, 1.82) is 0 Å². The van der Waals surface area contributed by atoms with E-state index in [-0.39, 0.29) is 11.7 Å². The minimum absolute atomic E-state index is 0.0217. The zero-order chi connectivity index (χ0) is 18.4. The van der Waals surface area contributed by atoms with Gasteiger partial charge in [-0.15, -0.1) is 0 Å². The Balaban J connectivity index is 1.99. The number of ketones is 1. The molecule has 3 rings (SSSR count). The molecule has 4 unspecified atom stereocenters. The second-order valence-electron chi connectivity index (χ2n) is 9.86. The lowest BCUT2D eigenvalue weighted by molar-refractivity contribution is -0.118. The van der Waals surface area contributed by atoms with Crippen molar-refractivity contribution in [3.05, 3.63) is 34.9 Å². The van der Waals surface area contributed by atoms with Crippen LogP contribution in [0, 0.1) is 17.3 Å². The lowest BCUT2D eigenvalue weighted by atomic mass is 9.48. The molecule has 25 heavy (non-hydrogen) atoms. The van der Waals surface area contributed by atoms with Gasteiger partial charge in [-0.25, -0.2) is 0 Å². The molecule has 1 aromatic rings. The minimum atomic E-state index is 0.0217. The number of Topliss-reactive ketones (excluding diaryl/α,β-unsaturated/α-hetero) is 1. The van der Waals surface area contributed by atoms with Crippen LogP contribution in [0.5, 0.6) is 0 Å². The molecular formula is C24H36O. The highest BCUT2D eigenvalue weighted by Crippen LogP contribution is 2.59. The molecule has 2 aliphatic carbocycles. The molecule has 0 heterocycles. The minimum Gasteiger partial charge on any atom is -0.299 e. The standard InChI is InChI=1S/C24H36O/c1-16(2)15-23(5)12-7-13-24(6)21-10-8-19(17(3)18(4)25)14-20(21)9-11-22(23)24/h8,10,14,16-17,22H,7,9,11-13,15H2,1-6H3. The third-order valence-corrected chi connectivity index (χ3v) is 7.49. The summed E-state index contributed by atoms with van der Waals surface area (Å²) in [5.74, 6) is 1.85. The van der Waals surface area contributed by atoms with E-state index in [9.17, 15) is 4.79 Å². The van der Waals surface area contributed by atoms with E-state index in [4.69, 9.17) is 0 Å². The number of benzene rings is 1. The Morgan fingerprint density at radius 2 is 1.92 bits per heavy atom. The van der Waals surface area contributed by atoms with Gasteiger partial charge in [0.1, 0.15) is 5.78 Å². The van der Waals surface area contributed by atoms with E-state index in [0.717, 1.165) is 11.8 Å². The SMILES string of the molecule is CC(=O)C(C)c1ccc2c(c1)CCC1C(C)(CC(C)C)CCCC21C. The molecule has 1 aromatic carbocycles. The van der Waals surface area contributed by atoms with Crippen molar-refractivity contribution in [1.82, 2.24) is 0 Å². The highest BCUT2D eigenvalue weighted by Gasteiger charge is 2.51. The van der Waals surface area contributed by atoms with E-state index < -0.39 is 0 Å². The monoisotopic (exact) mass is 340 g/mol. The predicted octanol–water partition coefficient (Wildman–Crippen LogP) is 6.44. The van der Waals surface area contributed by atoms with Crippen LogP contribution in [-0.4, -0.2) is 5.78 Å². The molecule has 0 saturated heterocycles. The Morgan fingerprint density at radius 1 is 1.20 bits per heavy atom. The Kier molecular flexibility index (Phi) is 4.90. The molecular weight excluding hydrogens is 304 g/mol. The van der Waals surface area contributed by atoms with Crippen LogP contribution in [0.4, 0.5) is 0 Å². The predicted molar refractivity (Wildman–Crippen MR) is 106 cm³/mol. The number of carbonyl (C=O) groups excluding carboxylic acids is 1. The quantitative estimate of drug-likeness (QED) is 0.616. The van der Waals surface area contributed by atoms with Crippen LogP contribution in [-0.2, 0) is 16.6 Å². The van der Waals surface area contributed by atoms with E-state index in [1.54, 1.807) is 12.5 Å². The first kappa shape index (κ1) is 18.7. The lowest BCUT2D eigenvalue weighted by Gasteiger charge is -2.56. The zero-order valence-electron chi connectivity index (χ0n) is 17.1. The maximum absolute atomic E-state index is 11.8. The summed E-state index contributed by atoms with van der Waals surface area (Å²) in [6.45, 7) is 13.6. The average molecular weight is 341 g/mol. The van der Waals surface area contributed by atoms with Gasteiger partial charge in [0.15, 0.2) is 0 Å². The maximum atomic E-state index is 11.8. The van der Waals surface area contributed by atoms with Crippen LogP contribution in [0.1, 0.15) is 96.3 Å². The van der Waals surface area contributed by atoms with Gasteiger partial charge in [0.2, 0.25) is 0 Å². The molecule has 1 saturated carbocycles. The van der Waals surface area contributed by atoms with Crippen LogP contribution in [0.25, 0.3) is 0 Å². The van der Waals surface area contributed by atoms with Gasteiger partial charge in [-0.1, -0.05) is 59.2 Å². The van der Waals surface area contributed by atoms with E-state index in [2.05, 4.69) is 45.9 Å². The van der Waals surface area contributed by atoms with Gasteiger partial charge in [-0.05, 0) is 78.4 Å². The summed E-state index contributed by atoms with van der Waals surface area (Å²) >= 11 is 0. The molecule has 0 radical (unpaired) electrons. The van der Waals surface area contributed by atoms with Crippen molar-refractivity contribution >= 4 is 5.78 Å². The van der Waals surface area contributed by atoms with Crippen molar-refractivity contribution in [3.8, 4) is 0 Å². The number of aryl methyl sites for hydroxylation is 1. The fraction of sp³-hybridized carbons (Fsp3) is 0.708.